The molecule has 0 bridgehead atoms. The third-order valence-electron chi connectivity index (χ3n) is 3.69. The van der Waals surface area contributed by atoms with Gasteiger partial charge in [-0.1, -0.05) is 12.1 Å². The minimum atomic E-state index is -0.304. The summed E-state index contributed by atoms with van der Waals surface area (Å²) in [6.07, 6.45) is 1.70. The Morgan fingerprint density at radius 1 is 1.20 bits per heavy atom. The van der Waals surface area contributed by atoms with Gasteiger partial charge in [0.1, 0.15) is 17.1 Å². The van der Waals surface area contributed by atoms with Crippen LogP contribution in [0.15, 0.2) is 36.5 Å². The van der Waals surface area contributed by atoms with E-state index < -0.39 is 0 Å². The van der Waals surface area contributed by atoms with E-state index in [-0.39, 0.29) is 6.03 Å². The van der Waals surface area contributed by atoms with Crippen LogP contribution in [0.4, 0.5) is 10.6 Å². The van der Waals surface area contributed by atoms with Crippen molar-refractivity contribution in [2.45, 2.75) is 13.8 Å². The summed E-state index contributed by atoms with van der Waals surface area (Å²) in [6.45, 7) is 4.37. The van der Waals surface area contributed by atoms with Crippen LogP contribution >= 0.6 is 0 Å². The first-order chi connectivity index (χ1) is 12.1. The molecule has 0 saturated heterocycles. The molecule has 0 fully saturated rings. The molecule has 0 aliphatic rings. The maximum Gasteiger partial charge on any atom is 0.320 e. The Morgan fingerprint density at radius 3 is 2.80 bits per heavy atom. The molecule has 7 heteroatoms. The van der Waals surface area contributed by atoms with E-state index in [1.807, 2.05) is 32.0 Å². The molecule has 2 aromatic heterocycles. The lowest BCUT2D eigenvalue weighted by molar-refractivity contribution is 0.252. The Bertz CT molecular complexity index is 926. The molecule has 0 saturated carbocycles. The van der Waals surface area contributed by atoms with Crippen molar-refractivity contribution in [3.8, 4) is 17.0 Å². The van der Waals surface area contributed by atoms with Crippen LogP contribution in [-0.4, -0.2) is 34.6 Å². The van der Waals surface area contributed by atoms with Gasteiger partial charge in [-0.3, -0.25) is 10.3 Å². The zero-order chi connectivity index (χ0) is 17.8. The first-order valence-electron chi connectivity index (χ1n) is 7.94. The first-order valence-corrected chi connectivity index (χ1v) is 7.94. The summed E-state index contributed by atoms with van der Waals surface area (Å²) in [5.74, 6) is 1.21. The SMILES string of the molecule is CCNC(=O)Nc1ccc2ncc(-c3ccc(C)c(OC)c3)nc2n1. The number of nitrogens with one attached hydrogen (secondary N) is 2. The molecule has 128 valence electrons. The molecular weight excluding hydrogens is 318 g/mol. The van der Waals surface area contributed by atoms with Crippen molar-refractivity contribution in [2.24, 2.45) is 0 Å². The highest BCUT2D eigenvalue weighted by molar-refractivity contribution is 5.89. The van der Waals surface area contributed by atoms with Crippen LogP contribution in [0.25, 0.3) is 22.4 Å². The Hall–Kier alpha value is -3.22. The van der Waals surface area contributed by atoms with E-state index in [0.29, 0.717) is 29.2 Å². The molecule has 0 radical (unpaired) electrons. The number of carbonyl (C=O) groups excluding carboxylic acids is 1. The molecule has 0 atom stereocenters. The van der Waals surface area contributed by atoms with E-state index in [0.717, 1.165) is 16.9 Å². The summed E-state index contributed by atoms with van der Waals surface area (Å²) in [5, 5.41) is 5.33. The van der Waals surface area contributed by atoms with Crippen LogP contribution in [0.1, 0.15) is 12.5 Å². The number of ether oxygens (including phenoxy) is 1. The molecule has 0 unspecified atom stereocenters. The molecule has 7 nitrogen and oxygen atoms in total. The normalized spacial score (nSPS) is 10.5. The number of hydrogen-bond acceptors (Lipinski definition) is 5. The lowest BCUT2D eigenvalue weighted by Crippen LogP contribution is -2.28. The van der Waals surface area contributed by atoms with Gasteiger partial charge in [0.25, 0.3) is 0 Å². The van der Waals surface area contributed by atoms with Gasteiger partial charge in [0.05, 0.1) is 19.0 Å². The fourth-order valence-corrected chi connectivity index (χ4v) is 2.41. The van der Waals surface area contributed by atoms with Crippen LogP contribution < -0.4 is 15.4 Å². The number of benzene rings is 1. The van der Waals surface area contributed by atoms with Gasteiger partial charge in [0.15, 0.2) is 5.65 Å². The zero-order valence-corrected chi connectivity index (χ0v) is 14.3. The van der Waals surface area contributed by atoms with E-state index in [1.54, 1.807) is 25.4 Å². The summed E-state index contributed by atoms with van der Waals surface area (Å²) in [7, 11) is 1.64. The van der Waals surface area contributed by atoms with Gasteiger partial charge in [0.2, 0.25) is 0 Å². The summed E-state index contributed by atoms with van der Waals surface area (Å²) in [5.41, 5.74) is 3.75. The maximum atomic E-state index is 11.6. The molecule has 3 rings (SSSR count). The van der Waals surface area contributed by atoms with Crippen LogP contribution in [0.5, 0.6) is 5.75 Å². The summed E-state index contributed by atoms with van der Waals surface area (Å²) in [4.78, 5) is 25.0. The highest BCUT2D eigenvalue weighted by Crippen LogP contribution is 2.26. The van der Waals surface area contributed by atoms with Gasteiger partial charge in [-0.15, -0.1) is 0 Å². The predicted molar refractivity (Wildman–Crippen MR) is 96.8 cm³/mol. The molecule has 2 heterocycles. The monoisotopic (exact) mass is 337 g/mol. The van der Waals surface area contributed by atoms with E-state index >= 15 is 0 Å². The van der Waals surface area contributed by atoms with Gasteiger partial charge < -0.3 is 10.1 Å². The van der Waals surface area contributed by atoms with Gasteiger partial charge in [-0.25, -0.2) is 14.8 Å². The zero-order valence-electron chi connectivity index (χ0n) is 14.3. The molecule has 2 amide bonds. The van der Waals surface area contributed by atoms with Crippen LogP contribution in [-0.2, 0) is 0 Å². The van der Waals surface area contributed by atoms with Crippen molar-refractivity contribution in [1.29, 1.82) is 0 Å². The molecule has 0 aliphatic carbocycles. The number of carbonyl (C=O) groups is 1. The maximum absolute atomic E-state index is 11.6. The number of anilines is 1. The van der Waals surface area contributed by atoms with Crippen molar-refractivity contribution in [1.82, 2.24) is 20.3 Å². The Morgan fingerprint density at radius 2 is 2.04 bits per heavy atom. The largest absolute Gasteiger partial charge is 0.496 e. The quantitative estimate of drug-likeness (QED) is 0.763. The van der Waals surface area contributed by atoms with Crippen molar-refractivity contribution in [3.05, 3.63) is 42.1 Å². The minimum Gasteiger partial charge on any atom is -0.496 e. The topological polar surface area (TPSA) is 89.0 Å². The van der Waals surface area contributed by atoms with Crippen LogP contribution in [0, 0.1) is 6.92 Å². The number of hydrogen-bond donors (Lipinski definition) is 2. The lowest BCUT2D eigenvalue weighted by atomic mass is 10.1. The van der Waals surface area contributed by atoms with Gasteiger partial charge in [-0.05, 0) is 37.6 Å². The Balaban J connectivity index is 1.96. The highest BCUT2D eigenvalue weighted by Gasteiger charge is 2.08. The van der Waals surface area contributed by atoms with E-state index in [2.05, 4.69) is 25.6 Å². The van der Waals surface area contributed by atoms with Crippen LogP contribution in [0.2, 0.25) is 0 Å². The number of pyridine rings is 1. The van der Waals surface area contributed by atoms with Crippen molar-refractivity contribution in [3.63, 3.8) is 0 Å². The van der Waals surface area contributed by atoms with Gasteiger partial charge in [0, 0.05) is 12.1 Å². The van der Waals surface area contributed by atoms with E-state index in [9.17, 15) is 4.79 Å². The second kappa shape index (κ2) is 7.12. The number of nitrogens with zero attached hydrogens (tertiary/aromatic N) is 3. The van der Waals surface area contributed by atoms with E-state index in [1.165, 1.54) is 0 Å². The van der Waals surface area contributed by atoms with Crippen molar-refractivity contribution < 1.29 is 9.53 Å². The number of rotatable bonds is 4. The minimum absolute atomic E-state index is 0.304. The Kier molecular flexibility index (Phi) is 4.74. The average molecular weight is 337 g/mol. The highest BCUT2D eigenvalue weighted by atomic mass is 16.5. The third kappa shape index (κ3) is 3.65. The molecule has 2 N–H and O–H groups in total. The molecule has 0 spiro atoms. The second-order valence-electron chi connectivity index (χ2n) is 5.46. The molecule has 3 aromatic rings. The number of amides is 2. The summed E-state index contributed by atoms with van der Waals surface area (Å²) >= 11 is 0. The predicted octanol–water partition coefficient (Wildman–Crippen LogP) is 3.15. The summed E-state index contributed by atoms with van der Waals surface area (Å²) < 4.78 is 5.36. The second-order valence-corrected chi connectivity index (χ2v) is 5.46. The number of urea groups is 1. The molecular formula is C18H19N5O2. The van der Waals surface area contributed by atoms with E-state index in [4.69, 9.17) is 4.74 Å². The third-order valence-corrected chi connectivity index (χ3v) is 3.69. The molecule has 25 heavy (non-hydrogen) atoms. The average Bonchev–Trinajstić information content (AvgIpc) is 2.61. The van der Waals surface area contributed by atoms with Crippen LogP contribution in [0.3, 0.4) is 0 Å². The number of aromatic nitrogens is 3. The fraction of sp³-hybridized carbons (Fsp3) is 0.222. The standard InChI is InChI=1S/C18H19N5O2/c1-4-19-18(24)23-16-8-7-13-17(22-16)21-14(10-20-13)12-6-5-11(2)15(9-12)25-3/h5-10H,4H2,1-3H3,(H2,19,21,22,23,24). The molecule has 0 aliphatic heterocycles. The number of fused-ring (bicyclic) bond motifs is 1. The first kappa shape index (κ1) is 16.6. The van der Waals surface area contributed by atoms with Crippen molar-refractivity contribution >= 4 is 23.0 Å². The smallest absolute Gasteiger partial charge is 0.320 e. The fourth-order valence-electron chi connectivity index (χ4n) is 2.41. The van der Waals surface area contributed by atoms with Crippen molar-refractivity contribution in [2.75, 3.05) is 19.0 Å². The van der Waals surface area contributed by atoms with Gasteiger partial charge in [-0.2, -0.15) is 0 Å². The summed E-state index contributed by atoms with van der Waals surface area (Å²) in [6, 6.07) is 9.02. The number of aryl methyl sites for hydroxylation is 1. The number of methoxy groups -OCH3 is 1. The lowest BCUT2D eigenvalue weighted by Gasteiger charge is -2.08. The molecule has 1 aromatic carbocycles. The Labute approximate surface area is 145 Å². The van der Waals surface area contributed by atoms with Gasteiger partial charge >= 0.3 is 6.03 Å².